The number of hydrogen-bond acceptors (Lipinski definition) is 4. The van der Waals surface area contributed by atoms with Crippen molar-refractivity contribution in [2.24, 2.45) is 5.92 Å². The summed E-state index contributed by atoms with van der Waals surface area (Å²) in [4.78, 5) is 22.9. The molecule has 2 N–H and O–H groups in total. The molecule has 7 nitrogen and oxygen atoms in total. The lowest BCUT2D eigenvalue weighted by Gasteiger charge is -2.32. The number of carbonyl (C=O) groups excluding carboxylic acids is 1. The molecule has 0 aliphatic carbocycles. The van der Waals surface area contributed by atoms with E-state index in [-0.39, 0.29) is 24.0 Å². The Kier molecular flexibility index (Phi) is 5.75. The third kappa shape index (κ3) is 5.28. The van der Waals surface area contributed by atoms with Crippen LogP contribution in [0.5, 0.6) is 0 Å². The normalized spacial score (nSPS) is 18.4. The Morgan fingerprint density at radius 2 is 1.81 bits per heavy atom. The van der Waals surface area contributed by atoms with Crippen LogP contribution in [0.1, 0.15) is 40.0 Å². The highest BCUT2D eigenvalue weighted by Gasteiger charge is 2.32. The van der Waals surface area contributed by atoms with Gasteiger partial charge in [-0.15, -0.1) is 0 Å². The van der Waals surface area contributed by atoms with Crippen molar-refractivity contribution in [3.63, 3.8) is 0 Å². The molecule has 0 saturated carbocycles. The van der Waals surface area contributed by atoms with Crippen LogP contribution >= 0.6 is 0 Å². The zero-order valence-electron chi connectivity index (χ0n) is 12.8. The molecule has 1 fully saturated rings. The first-order valence-electron chi connectivity index (χ1n) is 7.09. The second-order valence-electron chi connectivity index (χ2n) is 6.02. The minimum atomic E-state index is -3.20. The minimum Gasteiger partial charge on any atom is -0.481 e. The van der Waals surface area contributed by atoms with E-state index >= 15 is 0 Å². The molecule has 21 heavy (non-hydrogen) atoms. The maximum Gasteiger partial charge on any atom is 0.305 e. The molecular weight excluding hydrogens is 296 g/mol. The van der Waals surface area contributed by atoms with Crippen LogP contribution in [0, 0.1) is 5.92 Å². The molecule has 1 aliphatic rings. The van der Waals surface area contributed by atoms with Gasteiger partial charge in [0.15, 0.2) is 0 Å². The van der Waals surface area contributed by atoms with Crippen LogP contribution in [-0.2, 0) is 19.6 Å². The number of sulfonamides is 1. The highest BCUT2D eigenvalue weighted by molar-refractivity contribution is 7.89. The Morgan fingerprint density at radius 3 is 2.24 bits per heavy atom. The van der Waals surface area contributed by atoms with Crippen LogP contribution in [0.15, 0.2) is 0 Å². The second-order valence-corrected chi connectivity index (χ2v) is 8.28. The van der Waals surface area contributed by atoms with E-state index in [2.05, 4.69) is 5.32 Å². The van der Waals surface area contributed by atoms with Gasteiger partial charge in [-0.2, -0.15) is 0 Å². The van der Waals surface area contributed by atoms with Gasteiger partial charge in [-0.1, -0.05) is 0 Å². The van der Waals surface area contributed by atoms with E-state index in [0.717, 1.165) is 0 Å². The molecule has 1 rings (SSSR count). The molecule has 0 bridgehead atoms. The first-order valence-corrected chi connectivity index (χ1v) is 8.70. The molecule has 0 aromatic rings. The quantitative estimate of drug-likeness (QED) is 0.738. The molecule has 0 aromatic heterocycles. The second kappa shape index (κ2) is 6.74. The maximum atomic E-state index is 12.1. The number of carbonyl (C=O) groups is 2. The van der Waals surface area contributed by atoms with E-state index < -0.39 is 21.5 Å². The van der Waals surface area contributed by atoms with Crippen LogP contribution in [0.25, 0.3) is 0 Å². The molecular formula is C13H24N2O5S. The zero-order valence-corrected chi connectivity index (χ0v) is 13.6. The van der Waals surface area contributed by atoms with Gasteiger partial charge in [-0.3, -0.25) is 9.59 Å². The summed E-state index contributed by atoms with van der Waals surface area (Å²) in [5.74, 6) is -1.37. The van der Waals surface area contributed by atoms with Gasteiger partial charge in [0.1, 0.15) is 0 Å². The Balaban J connectivity index is 2.55. The van der Waals surface area contributed by atoms with E-state index in [1.807, 2.05) is 0 Å². The Morgan fingerprint density at radius 1 is 1.29 bits per heavy atom. The van der Waals surface area contributed by atoms with Crippen LogP contribution < -0.4 is 5.32 Å². The molecule has 1 aliphatic heterocycles. The predicted octanol–water partition coefficient (Wildman–Crippen LogP) is 0.418. The summed E-state index contributed by atoms with van der Waals surface area (Å²) in [6, 6.07) is 0. The Bertz CT molecular complexity index is 493. The van der Waals surface area contributed by atoms with Crippen LogP contribution in [0.4, 0.5) is 0 Å². The van der Waals surface area contributed by atoms with Gasteiger partial charge >= 0.3 is 5.97 Å². The molecule has 1 amide bonds. The smallest absolute Gasteiger partial charge is 0.305 e. The lowest BCUT2D eigenvalue weighted by Crippen LogP contribution is -2.50. The SMILES string of the molecule is CCS(=O)(=O)N1CCC(C(=O)NC(C)(C)CC(=O)O)CC1. The van der Waals surface area contributed by atoms with E-state index in [1.54, 1.807) is 20.8 Å². The lowest BCUT2D eigenvalue weighted by atomic mass is 9.94. The molecule has 1 heterocycles. The summed E-state index contributed by atoms with van der Waals surface area (Å²) >= 11 is 0. The van der Waals surface area contributed by atoms with Crippen molar-refractivity contribution >= 4 is 21.9 Å². The molecule has 0 aromatic carbocycles. The fourth-order valence-electron chi connectivity index (χ4n) is 2.44. The van der Waals surface area contributed by atoms with E-state index in [0.29, 0.717) is 25.9 Å². The first kappa shape index (κ1) is 17.9. The number of hydrogen-bond donors (Lipinski definition) is 2. The molecule has 122 valence electrons. The number of carboxylic acid groups (broad SMARTS) is 1. The molecule has 0 radical (unpaired) electrons. The molecule has 8 heteroatoms. The van der Waals surface area contributed by atoms with Crippen molar-refractivity contribution in [2.75, 3.05) is 18.8 Å². The van der Waals surface area contributed by atoms with Crippen molar-refractivity contribution in [3.8, 4) is 0 Å². The average molecular weight is 320 g/mol. The largest absolute Gasteiger partial charge is 0.481 e. The zero-order chi connectivity index (χ0) is 16.3. The van der Waals surface area contributed by atoms with E-state index in [9.17, 15) is 18.0 Å². The highest BCUT2D eigenvalue weighted by atomic mass is 32.2. The Hall–Kier alpha value is -1.15. The van der Waals surface area contributed by atoms with Crippen molar-refractivity contribution in [1.29, 1.82) is 0 Å². The molecule has 1 saturated heterocycles. The number of nitrogens with zero attached hydrogens (tertiary/aromatic N) is 1. The first-order chi connectivity index (χ1) is 9.57. The summed E-state index contributed by atoms with van der Waals surface area (Å²) in [5.41, 5.74) is -0.810. The molecule has 0 spiro atoms. The molecule has 0 unspecified atom stereocenters. The maximum absolute atomic E-state index is 12.1. The average Bonchev–Trinajstić information content (AvgIpc) is 2.36. The van der Waals surface area contributed by atoms with Gasteiger partial charge in [-0.05, 0) is 33.6 Å². The number of amides is 1. The Labute approximate surface area is 125 Å². The third-order valence-corrected chi connectivity index (χ3v) is 5.52. The van der Waals surface area contributed by atoms with Crippen LogP contribution in [0.2, 0.25) is 0 Å². The molecule has 0 atom stereocenters. The number of aliphatic carboxylic acids is 1. The van der Waals surface area contributed by atoms with Crippen molar-refractivity contribution in [1.82, 2.24) is 9.62 Å². The summed E-state index contributed by atoms with van der Waals surface area (Å²) in [6.45, 7) is 5.61. The van der Waals surface area contributed by atoms with Crippen LogP contribution in [-0.4, -0.2) is 54.1 Å². The fourth-order valence-corrected chi connectivity index (χ4v) is 3.57. The van der Waals surface area contributed by atoms with Gasteiger partial charge in [0.05, 0.1) is 12.2 Å². The highest BCUT2D eigenvalue weighted by Crippen LogP contribution is 2.21. The van der Waals surface area contributed by atoms with Gasteiger partial charge in [0.25, 0.3) is 0 Å². The fraction of sp³-hybridized carbons (Fsp3) is 0.846. The van der Waals surface area contributed by atoms with E-state index in [4.69, 9.17) is 5.11 Å². The topological polar surface area (TPSA) is 104 Å². The van der Waals surface area contributed by atoms with Crippen LogP contribution in [0.3, 0.4) is 0 Å². The predicted molar refractivity (Wildman–Crippen MR) is 78.2 cm³/mol. The van der Waals surface area contributed by atoms with Crippen molar-refractivity contribution < 1.29 is 23.1 Å². The van der Waals surface area contributed by atoms with Gasteiger partial charge in [0, 0.05) is 24.5 Å². The number of piperidine rings is 1. The summed E-state index contributed by atoms with van der Waals surface area (Å²) < 4.78 is 24.9. The third-order valence-electron chi connectivity index (χ3n) is 3.64. The lowest BCUT2D eigenvalue weighted by molar-refractivity contribution is -0.139. The van der Waals surface area contributed by atoms with Crippen molar-refractivity contribution in [2.45, 2.75) is 45.6 Å². The van der Waals surface area contributed by atoms with Gasteiger partial charge in [0.2, 0.25) is 15.9 Å². The van der Waals surface area contributed by atoms with Gasteiger partial charge in [-0.25, -0.2) is 12.7 Å². The summed E-state index contributed by atoms with van der Waals surface area (Å²) in [5, 5.41) is 11.5. The van der Waals surface area contributed by atoms with E-state index in [1.165, 1.54) is 4.31 Å². The van der Waals surface area contributed by atoms with Gasteiger partial charge < -0.3 is 10.4 Å². The summed E-state index contributed by atoms with van der Waals surface area (Å²) in [7, 11) is -3.20. The standard InChI is InChI=1S/C13H24N2O5S/c1-4-21(19,20)15-7-5-10(6-8-15)12(18)14-13(2,3)9-11(16)17/h10H,4-9H2,1-3H3,(H,14,18)(H,16,17). The summed E-state index contributed by atoms with van der Waals surface area (Å²) in [6.07, 6.45) is 0.782. The minimum absolute atomic E-state index is 0.0650. The number of rotatable bonds is 6. The van der Waals surface area contributed by atoms with Crippen molar-refractivity contribution in [3.05, 3.63) is 0 Å². The number of carboxylic acids is 1. The monoisotopic (exact) mass is 320 g/mol. The number of nitrogens with one attached hydrogen (secondary N) is 1.